The fourth-order valence-electron chi connectivity index (χ4n) is 3.05. The topological polar surface area (TPSA) is 99.4 Å². The highest BCUT2D eigenvalue weighted by Crippen LogP contribution is 2.39. The normalized spacial score (nSPS) is 14.6. The van der Waals surface area contributed by atoms with Crippen molar-refractivity contribution in [3.8, 4) is 11.8 Å². The first kappa shape index (κ1) is 17.0. The number of carbonyl (C=O) groups excluding carboxylic acids is 1. The van der Waals surface area contributed by atoms with Crippen molar-refractivity contribution in [2.45, 2.75) is 38.5 Å². The number of amides is 1. The third kappa shape index (κ3) is 3.60. The van der Waals surface area contributed by atoms with Crippen LogP contribution < -0.4 is 5.32 Å². The summed E-state index contributed by atoms with van der Waals surface area (Å²) >= 11 is 0. The molecule has 1 aromatic carbocycles. The van der Waals surface area contributed by atoms with E-state index in [1.54, 1.807) is 16.9 Å². The Balaban J connectivity index is 1.49. The van der Waals surface area contributed by atoms with Crippen molar-refractivity contribution in [2.75, 3.05) is 5.32 Å². The first-order chi connectivity index (χ1) is 13.0. The Labute approximate surface area is 157 Å². The van der Waals surface area contributed by atoms with Crippen LogP contribution in [0.15, 0.2) is 36.7 Å². The smallest absolute Gasteiger partial charge is 0.232 e. The first-order valence-corrected chi connectivity index (χ1v) is 8.96. The maximum atomic E-state index is 12.6. The quantitative estimate of drug-likeness (QED) is 0.728. The summed E-state index contributed by atoms with van der Waals surface area (Å²) in [7, 11) is 0. The standard InChI is InChI=1S/C20H20N6O/c1-12-5-14(9-21)7-17(6-12)26-11-16(10-22-26)13(2)20(27)23-19-8-18(24-25-19)15-3-4-15/h5-8,10-11,13,15H,3-4H2,1-2H3,(H2,23,24,25,27)/t13-/m1/s1. The van der Waals surface area contributed by atoms with Crippen LogP contribution in [0.25, 0.3) is 5.69 Å². The van der Waals surface area contributed by atoms with Gasteiger partial charge in [0.25, 0.3) is 0 Å². The monoisotopic (exact) mass is 360 g/mol. The van der Waals surface area contributed by atoms with Crippen molar-refractivity contribution in [1.82, 2.24) is 20.0 Å². The second-order valence-corrected chi connectivity index (χ2v) is 7.08. The molecule has 1 fully saturated rings. The van der Waals surface area contributed by atoms with E-state index in [-0.39, 0.29) is 11.8 Å². The molecular formula is C20H20N6O. The van der Waals surface area contributed by atoms with Crippen LogP contribution >= 0.6 is 0 Å². The molecule has 4 rings (SSSR count). The van der Waals surface area contributed by atoms with Gasteiger partial charge in [0.2, 0.25) is 5.91 Å². The zero-order valence-electron chi connectivity index (χ0n) is 15.2. The summed E-state index contributed by atoms with van der Waals surface area (Å²) in [5, 5.41) is 23.5. The zero-order valence-corrected chi connectivity index (χ0v) is 15.2. The minimum absolute atomic E-state index is 0.134. The minimum Gasteiger partial charge on any atom is -0.309 e. The molecule has 7 nitrogen and oxygen atoms in total. The Morgan fingerprint density at radius 1 is 1.37 bits per heavy atom. The lowest BCUT2D eigenvalue weighted by Gasteiger charge is -2.08. The van der Waals surface area contributed by atoms with Crippen molar-refractivity contribution in [3.05, 3.63) is 59.0 Å². The Bertz CT molecular complexity index is 1040. The number of aromatic amines is 1. The average Bonchev–Trinajstić information content (AvgIpc) is 3.20. The molecule has 1 aliphatic rings. The van der Waals surface area contributed by atoms with Crippen molar-refractivity contribution in [1.29, 1.82) is 5.26 Å². The van der Waals surface area contributed by atoms with Gasteiger partial charge in [0.1, 0.15) is 0 Å². The number of nitriles is 1. The molecule has 0 spiro atoms. The Morgan fingerprint density at radius 3 is 2.93 bits per heavy atom. The predicted molar refractivity (Wildman–Crippen MR) is 101 cm³/mol. The summed E-state index contributed by atoms with van der Waals surface area (Å²) in [5.41, 5.74) is 4.24. The van der Waals surface area contributed by atoms with Crippen LogP contribution in [0, 0.1) is 18.3 Å². The molecule has 0 unspecified atom stereocenters. The van der Waals surface area contributed by atoms with E-state index in [1.165, 1.54) is 12.8 Å². The van der Waals surface area contributed by atoms with Crippen LogP contribution in [-0.2, 0) is 4.79 Å². The van der Waals surface area contributed by atoms with Gasteiger partial charge in [-0.2, -0.15) is 15.5 Å². The third-order valence-corrected chi connectivity index (χ3v) is 4.82. The van der Waals surface area contributed by atoms with Gasteiger partial charge < -0.3 is 5.32 Å². The van der Waals surface area contributed by atoms with Crippen molar-refractivity contribution in [3.63, 3.8) is 0 Å². The second kappa shape index (κ2) is 6.72. The number of benzene rings is 1. The molecule has 27 heavy (non-hydrogen) atoms. The number of anilines is 1. The number of nitrogens with one attached hydrogen (secondary N) is 2. The summed E-state index contributed by atoms with van der Waals surface area (Å²) in [6.45, 7) is 3.77. The molecule has 1 aliphatic carbocycles. The fraction of sp³-hybridized carbons (Fsp3) is 0.300. The Kier molecular flexibility index (Phi) is 4.24. The molecule has 0 radical (unpaired) electrons. The number of hydrogen-bond acceptors (Lipinski definition) is 4. The summed E-state index contributed by atoms with van der Waals surface area (Å²) in [6, 6.07) is 9.61. The average molecular weight is 360 g/mol. The lowest BCUT2D eigenvalue weighted by Crippen LogP contribution is -2.18. The van der Waals surface area contributed by atoms with Crippen molar-refractivity contribution < 1.29 is 4.79 Å². The lowest BCUT2D eigenvalue weighted by atomic mass is 10.0. The van der Waals surface area contributed by atoms with E-state index < -0.39 is 0 Å². The first-order valence-electron chi connectivity index (χ1n) is 8.96. The van der Waals surface area contributed by atoms with Gasteiger partial charge in [0.15, 0.2) is 5.82 Å². The molecule has 136 valence electrons. The lowest BCUT2D eigenvalue weighted by molar-refractivity contribution is -0.117. The van der Waals surface area contributed by atoms with Crippen LogP contribution in [0.4, 0.5) is 5.82 Å². The van der Waals surface area contributed by atoms with E-state index in [4.69, 9.17) is 5.26 Å². The molecule has 2 heterocycles. The summed E-state index contributed by atoms with van der Waals surface area (Å²) in [5.74, 6) is 0.607. The molecule has 1 atom stereocenters. The van der Waals surface area contributed by atoms with Crippen LogP contribution in [0.2, 0.25) is 0 Å². The molecular weight excluding hydrogens is 340 g/mol. The molecule has 0 saturated heterocycles. The molecule has 7 heteroatoms. The van der Waals surface area contributed by atoms with Crippen molar-refractivity contribution >= 4 is 11.7 Å². The van der Waals surface area contributed by atoms with E-state index >= 15 is 0 Å². The second-order valence-electron chi connectivity index (χ2n) is 7.08. The summed E-state index contributed by atoms with van der Waals surface area (Å²) in [4.78, 5) is 12.6. The van der Waals surface area contributed by atoms with Gasteiger partial charge in [-0.05, 0) is 50.5 Å². The molecule has 1 amide bonds. The number of rotatable bonds is 5. The highest BCUT2D eigenvalue weighted by molar-refractivity contribution is 5.94. The summed E-state index contributed by atoms with van der Waals surface area (Å²) < 4.78 is 1.69. The number of aryl methyl sites for hydroxylation is 1. The molecule has 0 aliphatic heterocycles. The Morgan fingerprint density at radius 2 is 2.19 bits per heavy atom. The molecule has 1 saturated carbocycles. The van der Waals surface area contributed by atoms with Gasteiger partial charge in [0, 0.05) is 29.4 Å². The SMILES string of the molecule is Cc1cc(C#N)cc(-n2cc([C@@H](C)C(=O)Nc3cc(C4CC4)[nH]n3)cn2)c1. The number of hydrogen-bond donors (Lipinski definition) is 2. The maximum absolute atomic E-state index is 12.6. The third-order valence-electron chi connectivity index (χ3n) is 4.82. The van der Waals surface area contributed by atoms with Crippen LogP contribution in [-0.4, -0.2) is 25.9 Å². The minimum atomic E-state index is -0.375. The van der Waals surface area contributed by atoms with Crippen molar-refractivity contribution in [2.24, 2.45) is 0 Å². The van der Waals surface area contributed by atoms with E-state index in [0.717, 1.165) is 22.5 Å². The largest absolute Gasteiger partial charge is 0.309 e. The van der Waals surface area contributed by atoms with E-state index in [0.29, 0.717) is 17.3 Å². The van der Waals surface area contributed by atoms with Crippen LogP contribution in [0.1, 0.15) is 54.0 Å². The van der Waals surface area contributed by atoms with Gasteiger partial charge in [-0.1, -0.05) is 0 Å². The molecule has 3 aromatic rings. The Hall–Kier alpha value is -3.40. The van der Waals surface area contributed by atoms with Gasteiger partial charge in [-0.3, -0.25) is 9.89 Å². The summed E-state index contributed by atoms with van der Waals surface area (Å²) in [6.07, 6.45) is 5.86. The highest BCUT2D eigenvalue weighted by Gasteiger charge is 2.26. The predicted octanol–water partition coefficient (Wildman–Crippen LogP) is 3.40. The molecule has 2 aromatic heterocycles. The van der Waals surface area contributed by atoms with Crippen LogP contribution in [0.3, 0.4) is 0 Å². The van der Waals surface area contributed by atoms with Crippen LogP contribution in [0.5, 0.6) is 0 Å². The number of H-pyrrole nitrogens is 1. The van der Waals surface area contributed by atoms with Gasteiger partial charge in [-0.15, -0.1) is 0 Å². The number of aromatic nitrogens is 4. The van der Waals surface area contributed by atoms with E-state index in [1.807, 2.05) is 38.2 Å². The van der Waals surface area contributed by atoms with Gasteiger partial charge in [-0.25, -0.2) is 4.68 Å². The molecule has 0 bridgehead atoms. The number of carbonyl (C=O) groups is 1. The highest BCUT2D eigenvalue weighted by atomic mass is 16.1. The van der Waals surface area contributed by atoms with E-state index in [2.05, 4.69) is 26.7 Å². The van der Waals surface area contributed by atoms with E-state index in [9.17, 15) is 4.79 Å². The molecule has 2 N–H and O–H groups in total. The van der Waals surface area contributed by atoms with Gasteiger partial charge in [0.05, 0.1) is 29.4 Å². The zero-order chi connectivity index (χ0) is 19.0. The van der Waals surface area contributed by atoms with Gasteiger partial charge >= 0.3 is 0 Å². The fourth-order valence-corrected chi connectivity index (χ4v) is 3.05. The number of nitrogens with zero attached hydrogens (tertiary/aromatic N) is 4. The maximum Gasteiger partial charge on any atom is 0.232 e.